The summed E-state index contributed by atoms with van der Waals surface area (Å²) in [7, 11) is 0. The Hall–Kier alpha value is -4.50. The molecule has 2 aromatic heterocycles. The molecule has 2 saturated carbocycles. The van der Waals surface area contributed by atoms with E-state index >= 15 is 0 Å². The zero-order chi connectivity index (χ0) is 31.8. The topological polar surface area (TPSA) is 38.5 Å². The van der Waals surface area contributed by atoms with Crippen molar-refractivity contribution in [2.45, 2.75) is 82.5 Å². The SMILES string of the molecule is CC1(C)c2cc3c4cc5c(cc4n4c6cc7c(cc6c(c2-c2cccc6cccc1c26)c34)C1CCC(CC1)C7=O)C(=O)C1CCC5CC1. The molecular weight excluding hydrogens is 587 g/mol. The van der Waals surface area contributed by atoms with Gasteiger partial charge in [-0.3, -0.25) is 9.59 Å². The Labute approximate surface area is 279 Å². The first-order valence-electron chi connectivity index (χ1n) is 18.4. The standard InChI is InChI=1S/C45H37NO2/c1-45(2)35-8-4-6-24-5-3-7-27(39(24)35)40-36(45)19-31-30-17-28-22-9-13-25(14-10-22)43(47)32(28)20-37(30)46-38-21-33-29(18-34(38)41(40)42(31)46)23-11-15-26(16-12-23)44(33)48/h3-8,17-23,25-26H,9-16H2,1-2H3. The number of ketones is 2. The molecule has 0 saturated heterocycles. The normalized spacial score (nSPS) is 25.3. The quantitative estimate of drug-likeness (QED) is 0.169. The first-order valence-corrected chi connectivity index (χ1v) is 18.4. The molecule has 234 valence electrons. The van der Waals surface area contributed by atoms with Gasteiger partial charge in [-0.15, -0.1) is 0 Å². The second kappa shape index (κ2) is 8.55. The Bertz CT molecular complexity index is 2650. The first kappa shape index (κ1) is 26.5. The molecule has 0 aliphatic heterocycles. The Morgan fingerprint density at radius 1 is 0.562 bits per heavy atom. The largest absolute Gasteiger partial charge is 0.308 e. The van der Waals surface area contributed by atoms with E-state index in [1.807, 2.05) is 0 Å². The van der Waals surface area contributed by atoms with Crippen molar-refractivity contribution < 1.29 is 9.59 Å². The molecule has 0 N–H and O–H groups in total. The van der Waals surface area contributed by atoms with E-state index in [-0.39, 0.29) is 17.3 Å². The Kier molecular flexibility index (Phi) is 4.71. The molecule has 7 aromatic rings. The van der Waals surface area contributed by atoms with Crippen molar-refractivity contribution >= 4 is 60.4 Å². The van der Waals surface area contributed by atoms with Crippen molar-refractivity contribution in [3.63, 3.8) is 0 Å². The average Bonchev–Trinajstić information content (AvgIpc) is 3.43. The van der Waals surface area contributed by atoms with E-state index < -0.39 is 0 Å². The van der Waals surface area contributed by atoms with Crippen molar-refractivity contribution in [2.24, 2.45) is 11.8 Å². The van der Waals surface area contributed by atoms with Crippen molar-refractivity contribution in [2.75, 3.05) is 0 Å². The lowest BCUT2D eigenvalue weighted by atomic mass is 9.67. The van der Waals surface area contributed by atoms with Crippen LogP contribution >= 0.6 is 0 Å². The van der Waals surface area contributed by atoms with E-state index in [9.17, 15) is 9.59 Å². The van der Waals surface area contributed by atoms with Gasteiger partial charge in [0.15, 0.2) is 11.6 Å². The Morgan fingerprint density at radius 2 is 1.12 bits per heavy atom. The summed E-state index contributed by atoms with van der Waals surface area (Å²) >= 11 is 0. The number of rotatable bonds is 0. The van der Waals surface area contributed by atoms with Crippen LogP contribution in [0.15, 0.2) is 66.7 Å². The summed E-state index contributed by atoms with van der Waals surface area (Å²) in [5.74, 6) is 1.91. The third-order valence-corrected chi connectivity index (χ3v) is 14.0. The third-order valence-electron chi connectivity index (χ3n) is 14.0. The summed E-state index contributed by atoms with van der Waals surface area (Å²) in [6, 6.07) is 25.5. The molecule has 2 heterocycles. The van der Waals surface area contributed by atoms with E-state index in [4.69, 9.17) is 0 Å². The summed E-state index contributed by atoms with van der Waals surface area (Å²) in [5, 5.41) is 7.77. The van der Waals surface area contributed by atoms with E-state index in [1.54, 1.807) is 0 Å². The number of benzene rings is 5. The molecule has 3 heteroatoms. The molecule has 7 aliphatic rings. The fourth-order valence-electron chi connectivity index (χ4n) is 11.6. The Morgan fingerprint density at radius 3 is 1.77 bits per heavy atom. The third kappa shape index (κ3) is 2.97. The number of nitrogens with zero attached hydrogens (tertiary/aromatic N) is 1. The highest BCUT2D eigenvalue weighted by Gasteiger charge is 2.40. The molecule has 0 atom stereocenters. The van der Waals surface area contributed by atoms with Gasteiger partial charge in [0.05, 0.1) is 16.6 Å². The van der Waals surface area contributed by atoms with Gasteiger partial charge in [-0.2, -0.15) is 0 Å². The molecular formula is C45H37NO2. The number of carbonyl (C=O) groups is 2. The second-order valence-electron chi connectivity index (χ2n) is 16.5. The van der Waals surface area contributed by atoms with E-state index in [2.05, 4.69) is 85.0 Å². The minimum atomic E-state index is -0.203. The highest BCUT2D eigenvalue weighted by atomic mass is 16.1. The molecule has 0 amide bonds. The summed E-state index contributed by atoms with van der Waals surface area (Å²) in [4.78, 5) is 28.1. The molecule has 4 bridgehead atoms. The first-order chi connectivity index (χ1) is 23.4. The summed E-state index contributed by atoms with van der Waals surface area (Å²) < 4.78 is 2.46. The summed E-state index contributed by atoms with van der Waals surface area (Å²) in [5.41, 5.74) is 13.2. The molecule has 2 fully saturated rings. The van der Waals surface area contributed by atoms with Gasteiger partial charge in [0.2, 0.25) is 0 Å². The van der Waals surface area contributed by atoms with E-state index in [0.29, 0.717) is 23.4 Å². The van der Waals surface area contributed by atoms with Crippen LogP contribution < -0.4 is 0 Å². The van der Waals surface area contributed by atoms with Crippen LogP contribution in [-0.2, 0) is 5.41 Å². The van der Waals surface area contributed by atoms with Crippen LogP contribution in [0.4, 0.5) is 0 Å². The Balaban J connectivity index is 1.32. The minimum Gasteiger partial charge on any atom is -0.308 e. The lowest BCUT2D eigenvalue weighted by Gasteiger charge is -2.35. The van der Waals surface area contributed by atoms with Crippen molar-refractivity contribution in [1.82, 2.24) is 4.40 Å². The number of Topliss-reactive ketones (excluding diaryl/α,β-unsaturated/α-hetero) is 2. The molecule has 0 radical (unpaired) electrons. The average molecular weight is 624 g/mol. The van der Waals surface area contributed by atoms with Gasteiger partial charge in [-0.05, 0) is 138 Å². The van der Waals surface area contributed by atoms with E-state index in [0.717, 1.165) is 73.5 Å². The summed E-state index contributed by atoms with van der Waals surface area (Å²) in [6.45, 7) is 4.81. The van der Waals surface area contributed by atoms with Crippen LogP contribution in [-0.4, -0.2) is 16.0 Å². The predicted octanol–water partition coefficient (Wildman–Crippen LogP) is 11.2. The van der Waals surface area contributed by atoms with E-state index in [1.165, 1.54) is 71.2 Å². The molecule has 3 nitrogen and oxygen atoms in total. The summed E-state index contributed by atoms with van der Waals surface area (Å²) in [6.07, 6.45) is 8.48. The molecule has 7 aliphatic carbocycles. The molecule has 5 aromatic carbocycles. The highest BCUT2D eigenvalue weighted by molar-refractivity contribution is 6.30. The number of hydrogen-bond acceptors (Lipinski definition) is 2. The van der Waals surface area contributed by atoms with Crippen LogP contribution in [0.3, 0.4) is 0 Å². The maximum Gasteiger partial charge on any atom is 0.166 e. The van der Waals surface area contributed by atoms with Gasteiger partial charge in [0.1, 0.15) is 0 Å². The second-order valence-corrected chi connectivity index (χ2v) is 16.5. The smallest absolute Gasteiger partial charge is 0.166 e. The van der Waals surface area contributed by atoms with Crippen molar-refractivity contribution in [1.29, 1.82) is 0 Å². The highest BCUT2D eigenvalue weighted by Crippen LogP contribution is 2.56. The number of carbonyl (C=O) groups excluding carboxylic acids is 2. The van der Waals surface area contributed by atoms with Gasteiger partial charge in [-0.1, -0.05) is 50.2 Å². The van der Waals surface area contributed by atoms with Crippen molar-refractivity contribution in [3.05, 3.63) is 100 Å². The minimum absolute atomic E-state index is 0.150. The fourth-order valence-corrected chi connectivity index (χ4v) is 11.6. The van der Waals surface area contributed by atoms with Crippen LogP contribution in [0.2, 0.25) is 0 Å². The van der Waals surface area contributed by atoms with Crippen LogP contribution in [0.5, 0.6) is 0 Å². The van der Waals surface area contributed by atoms with Gasteiger partial charge in [-0.25, -0.2) is 0 Å². The molecule has 14 rings (SSSR count). The number of fused-ring (bicyclic) bond motifs is 13. The van der Waals surface area contributed by atoms with Gasteiger partial charge in [0.25, 0.3) is 0 Å². The lowest BCUT2D eigenvalue weighted by molar-refractivity contribution is 0.0891. The predicted molar refractivity (Wildman–Crippen MR) is 194 cm³/mol. The van der Waals surface area contributed by atoms with Crippen molar-refractivity contribution in [3.8, 4) is 11.1 Å². The molecule has 0 unspecified atom stereocenters. The van der Waals surface area contributed by atoms with Crippen LogP contribution in [0.25, 0.3) is 60.0 Å². The number of hydrogen-bond donors (Lipinski definition) is 0. The zero-order valence-electron chi connectivity index (χ0n) is 27.6. The van der Waals surface area contributed by atoms with Gasteiger partial charge >= 0.3 is 0 Å². The van der Waals surface area contributed by atoms with Crippen LogP contribution in [0, 0.1) is 11.8 Å². The monoisotopic (exact) mass is 623 g/mol. The molecule has 0 spiro atoms. The zero-order valence-corrected chi connectivity index (χ0v) is 27.6. The maximum atomic E-state index is 14.1. The van der Waals surface area contributed by atoms with Gasteiger partial charge in [0, 0.05) is 49.9 Å². The maximum absolute atomic E-state index is 14.1. The van der Waals surface area contributed by atoms with Gasteiger partial charge < -0.3 is 4.40 Å². The molecule has 48 heavy (non-hydrogen) atoms. The fraction of sp³-hybridized carbons (Fsp3) is 0.333. The number of aromatic nitrogens is 1. The lowest BCUT2D eigenvalue weighted by Crippen LogP contribution is -2.23. The van der Waals surface area contributed by atoms with Crippen LogP contribution in [0.1, 0.15) is 120 Å².